The first-order valence-corrected chi connectivity index (χ1v) is 7.95. The highest BCUT2D eigenvalue weighted by Crippen LogP contribution is 2.19. The van der Waals surface area contributed by atoms with Gasteiger partial charge in [-0.25, -0.2) is 4.79 Å². The molecule has 0 aromatic rings. The topological polar surface area (TPSA) is 52.7 Å². The zero-order chi connectivity index (χ0) is 14.4. The van der Waals surface area contributed by atoms with E-state index in [1.165, 1.54) is 12.8 Å². The van der Waals surface area contributed by atoms with E-state index in [1.54, 1.807) is 6.92 Å². The maximum absolute atomic E-state index is 12.5. The van der Waals surface area contributed by atoms with Gasteiger partial charge in [0.25, 0.3) is 0 Å². The van der Waals surface area contributed by atoms with E-state index in [9.17, 15) is 9.59 Å². The molecule has 3 amide bonds. The van der Waals surface area contributed by atoms with Crippen LogP contribution in [0.5, 0.6) is 0 Å². The molecule has 0 atom stereocenters. The Balaban J connectivity index is 1.74. The number of nitrogens with one attached hydrogen (secondary N) is 1. The minimum absolute atomic E-state index is 0.0353. The van der Waals surface area contributed by atoms with Crippen molar-refractivity contribution in [1.82, 2.24) is 15.1 Å². The third-order valence-electron chi connectivity index (χ3n) is 4.40. The molecule has 0 bridgehead atoms. The molecule has 114 valence electrons. The Hall–Kier alpha value is -1.26. The van der Waals surface area contributed by atoms with E-state index in [0.29, 0.717) is 5.92 Å². The second-order valence-electron chi connectivity index (χ2n) is 6.05. The first-order chi connectivity index (χ1) is 9.66. The Bertz CT molecular complexity index is 330. The third-order valence-corrected chi connectivity index (χ3v) is 4.40. The Labute approximate surface area is 121 Å². The van der Waals surface area contributed by atoms with E-state index < -0.39 is 0 Å². The molecule has 5 nitrogen and oxygen atoms in total. The van der Waals surface area contributed by atoms with Crippen molar-refractivity contribution in [2.75, 3.05) is 32.7 Å². The number of carbonyl (C=O) groups excluding carboxylic acids is 2. The van der Waals surface area contributed by atoms with Crippen molar-refractivity contribution in [3.63, 3.8) is 0 Å². The van der Waals surface area contributed by atoms with Crippen LogP contribution in [-0.2, 0) is 4.79 Å². The Morgan fingerprint density at radius 2 is 1.50 bits per heavy atom. The van der Waals surface area contributed by atoms with Gasteiger partial charge < -0.3 is 15.1 Å². The van der Waals surface area contributed by atoms with E-state index in [-0.39, 0.29) is 11.9 Å². The number of hydrogen-bond donors (Lipinski definition) is 1. The molecule has 0 saturated carbocycles. The van der Waals surface area contributed by atoms with Crippen LogP contribution in [0.4, 0.5) is 4.79 Å². The fraction of sp³-hybridized carbons (Fsp3) is 0.867. The lowest BCUT2D eigenvalue weighted by atomic mass is 9.97. The molecule has 2 heterocycles. The van der Waals surface area contributed by atoms with Crippen molar-refractivity contribution in [2.45, 2.75) is 45.4 Å². The van der Waals surface area contributed by atoms with E-state index in [2.05, 4.69) is 5.32 Å². The summed E-state index contributed by atoms with van der Waals surface area (Å²) in [6, 6.07) is 0.227. The van der Waals surface area contributed by atoms with Crippen LogP contribution in [0.3, 0.4) is 0 Å². The van der Waals surface area contributed by atoms with Gasteiger partial charge in [0.05, 0.1) is 0 Å². The number of piperidine rings is 1. The molecule has 20 heavy (non-hydrogen) atoms. The molecule has 2 aliphatic rings. The first kappa shape index (κ1) is 15.1. The van der Waals surface area contributed by atoms with Crippen LogP contribution < -0.4 is 5.32 Å². The summed E-state index contributed by atoms with van der Waals surface area (Å²) in [5, 5.41) is 2.88. The predicted molar refractivity (Wildman–Crippen MR) is 78.4 cm³/mol. The van der Waals surface area contributed by atoms with Crippen molar-refractivity contribution in [2.24, 2.45) is 5.92 Å². The van der Waals surface area contributed by atoms with E-state index in [0.717, 1.165) is 58.4 Å². The van der Waals surface area contributed by atoms with Crippen molar-refractivity contribution in [3.05, 3.63) is 0 Å². The standard InChI is InChI=1S/C15H27N3O2/c1-13(19)16-12-14-6-10-18(11-7-14)15(20)17-8-4-2-3-5-9-17/h14H,2-12H2,1H3,(H,16,19). The first-order valence-electron chi connectivity index (χ1n) is 7.95. The van der Waals surface area contributed by atoms with Gasteiger partial charge in [-0.1, -0.05) is 12.8 Å². The van der Waals surface area contributed by atoms with Crippen LogP contribution in [0.2, 0.25) is 0 Å². The van der Waals surface area contributed by atoms with Crippen LogP contribution in [0.15, 0.2) is 0 Å². The second kappa shape index (κ2) is 7.50. The summed E-state index contributed by atoms with van der Waals surface area (Å²) in [5.41, 5.74) is 0. The highest BCUT2D eigenvalue weighted by Gasteiger charge is 2.26. The molecule has 2 aliphatic heterocycles. The van der Waals surface area contributed by atoms with Crippen molar-refractivity contribution in [1.29, 1.82) is 0 Å². The smallest absolute Gasteiger partial charge is 0.319 e. The largest absolute Gasteiger partial charge is 0.356 e. The molecule has 0 radical (unpaired) electrons. The number of urea groups is 1. The average molecular weight is 281 g/mol. The quantitative estimate of drug-likeness (QED) is 0.839. The number of amides is 3. The summed E-state index contributed by atoms with van der Waals surface area (Å²) in [6.07, 6.45) is 6.79. The summed E-state index contributed by atoms with van der Waals surface area (Å²) in [7, 11) is 0. The molecule has 2 saturated heterocycles. The highest BCUT2D eigenvalue weighted by molar-refractivity contribution is 5.74. The van der Waals surface area contributed by atoms with Crippen LogP contribution in [0.25, 0.3) is 0 Å². The van der Waals surface area contributed by atoms with Gasteiger partial charge in [-0.15, -0.1) is 0 Å². The molecule has 2 fully saturated rings. The van der Waals surface area contributed by atoms with Crippen molar-refractivity contribution in [3.8, 4) is 0 Å². The molecule has 2 rings (SSSR count). The fourth-order valence-corrected chi connectivity index (χ4v) is 3.08. The zero-order valence-electron chi connectivity index (χ0n) is 12.6. The highest BCUT2D eigenvalue weighted by atomic mass is 16.2. The molecule has 5 heteroatoms. The third kappa shape index (κ3) is 4.39. The SMILES string of the molecule is CC(=O)NCC1CCN(C(=O)N2CCCCCC2)CC1. The summed E-state index contributed by atoms with van der Waals surface area (Å²) >= 11 is 0. The van der Waals surface area contributed by atoms with Crippen LogP contribution in [-0.4, -0.2) is 54.5 Å². The molecule has 0 unspecified atom stereocenters. The summed E-state index contributed by atoms with van der Waals surface area (Å²) < 4.78 is 0. The average Bonchev–Trinajstić information content (AvgIpc) is 2.74. The Morgan fingerprint density at radius 1 is 0.950 bits per heavy atom. The minimum atomic E-state index is 0.0353. The number of carbonyl (C=O) groups is 2. The van der Waals surface area contributed by atoms with Crippen LogP contribution in [0.1, 0.15) is 45.4 Å². The van der Waals surface area contributed by atoms with Gasteiger partial charge in [-0.05, 0) is 31.6 Å². The molecule has 1 N–H and O–H groups in total. The molecule has 0 aromatic heterocycles. The summed E-state index contributed by atoms with van der Waals surface area (Å²) in [6.45, 7) is 5.81. The number of rotatable bonds is 2. The Kier molecular flexibility index (Phi) is 5.68. The summed E-state index contributed by atoms with van der Waals surface area (Å²) in [5.74, 6) is 0.556. The van der Waals surface area contributed by atoms with Gasteiger partial charge in [-0.3, -0.25) is 4.79 Å². The lowest BCUT2D eigenvalue weighted by Crippen LogP contribution is -2.48. The minimum Gasteiger partial charge on any atom is -0.356 e. The molecular weight excluding hydrogens is 254 g/mol. The Morgan fingerprint density at radius 3 is 2.05 bits per heavy atom. The number of likely N-dealkylation sites (tertiary alicyclic amines) is 2. The molecule has 0 aromatic carbocycles. The van der Waals surface area contributed by atoms with E-state index in [1.807, 2.05) is 9.80 Å². The summed E-state index contributed by atoms with van der Waals surface area (Å²) in [4.78, 5) is 27.4. The number of hydrogen-bond acceptors (Lipinski definition) is 2. The maximum atomic E-state index is 12.5. The van der Waals surface area contributed by atoms with Gasteiger partial charge >= 0.3 is 6.03 Å². The maximum Gasteiger partial charge on any atom is 0.319 e. The predicted octanol–water partition coefficient (Wildman–Crippen LogP) is 1.83. The zero-order valence-corrected chi connectivity index (χ0v) is 12.6. The van der Waals surface area contributed by atoms with Crippen molar-refractivity contribution < 1.29 is 9.59 Å². The molecular formula is C15H27N3O2. The van der Waals surface area contributed by atoms with Gasteiger partial charge in [0.2, 0.25) is 5.91 Å². The van der Waals surface area contributed by atoms with E-state index >= 15 is 0 Å². The lowest BCUT2D eigenvalue weighted by molar-refractivity contribution is -0.119. The van der Waals surface area contributed by atoms with Crippen LogP contribution >= 0.6 is 0 Å². The van der Waals surface area contributed by atoms with Gasteiger partial charge in [0.1, 0.15) is 0 Å². The van der Waals surface area contributed by atoms with Gasteiger partial charge in [0.15, 0.2) is 0 Å². The van der Waals surface area contributed by atoms with E-state index in [4.69, 9.17) is 0 Å². The normalized spacial score (nSPS) is 21.4. The van der Waals surface area contributed by atoms with Gasteiger partial charge in [-0.2, -0.15) is 0 Å². The molecule has 0 aliphatic carbocycles. The van der Waals surface area contributed by atoms with Crippen molar-refractivity contribution >= 4 is 11.9 Å². The number of nitrogens with zero attached hydrogens (tertiary/aromatic N) is 2. The monoisotopic (exact) mass is 281 g/mol. The fourth-order valence-electron chi connectivity index (χ4n) is 3.08. The van der Waals surface area contributed by atoms with Crippen LogP contribution in [0, 0.1) is 5.92 Å². The lowest BCUT2D eigenvalue weighted by Gasteiger charge is -2.35. The van der Waals surface area contributed by atoms with Gasteiger partial charge in [0, 0.05) is 39.6 Å². The second-order valence-corrected chi connectivity index (χ2v) is 6.05. The molecule has 0 spiro atoms.